The molecule has 1 heterocycles. The number of rotatable bonds is 3. The molecule has 4 nitrogen and oxygen atoms in total. The highest BCUT2D eigenvalue weighted by Crippen LogP contribution is 2.37. The summed E-state index contributed by atoms with van der Waals surface area (Å²) in [5.74, 6) is -1.09. The topological polar surface area (TPSA) is 50.7 Å². The maximum atomic E-state index is 9.36. The number of ether oxygens (including phenoxy) is 2. The van der Waals surface area contributed by atoms with Gasteiger partial charge in [0.05, 0.1) is 0 Å². The Morgan fingerprint density at radius 2 is 2.12 bits per heavy atom. The zero-order valence-electron chi connectivity index (χ0n) is 9.36. The van der Waals surface area contributed by atoms with Gasteiger partial charge in [0, 0.05) is 6.04 Å². The van der Waals surface area contributed by atoms with Crippen LogP contribution in [0.3, 0.4) is 0 Å². The Bertz CT molecular complexity index is 395. The molecule has 5 heteroatoms. The van der Waals surface area contributed by atoms with Gasteiger partial charge in [-0.05, 0) is 38.1 Å². The first-order chi connectivity index (χ1) is 7.50. The van der Waals surface area contributed by atoms with Crippen molar-refractivity contribution in [3.05, 3.63) is 23.8 Å². The lowest BCUT2D eigenvalue weighted by atomic mass is 10.1. The summed E-state index contributed by atoms with van der Waals surface area (Å²) in [6.07, 6.45) is 0.871. The van der Waals surface area contributed by atoms with Gasteiger partial charge in [0.25, 0.3) is 0 Å². The van der Waals surface area contributed by atoms with Crippen molar-refractivity contribution < 1.29 is 14.6 Å². The van der Waals surface area contributed by atoms with Gasteiger partial charge in [-0.25, -0.2) is 0 Å². The molecule has 0 saturated heterocycles. The molecule has 1 aliphatic heterocycles. The second-order valence-electron chi connectivity index (χ2n) is 4.01. The van der Waals surface area contributed by atoms with Crippen molar-refractivity contribution in [1.29, 1.82) is 0 Å². The lowest BCUT2D eigenvalue weighted by Crippen LogP contribution is -2.38. The molecule has 0 bridgehead atoms. The minimum atomic E-state index is -2.03. The molecule has 0 fully saturated rings. The number of benzene rings is 1. The first kappa shape index (κ1) is 11.3. The van der Waals surface area contributed by atoms with Crippen LogP contribution in [0.2, 0.25) is 0 Å². The van der Waals surface area contributed by atoms with Crippen LogP contribution in [-0.2, 0) is 6.42 Å². The average Bonchev–Trinajstić information content (AvgIpc) is 2.51. The number of hydrogen-bond donors (Lipinski definition) is 2. The lowest BCUT2D eigenvalue weighted by molar-refractivity contribution is -0.178. The van der Waals surface area contributed by atoms with Crippen molar-refractivity contribution in [2.45, 2.75) is 25.3 Å². The largest absolute Gasteiger partial charge is 0.435 e. The summed E-state index contributed by atoms with van der Waals surface area (Å²) >= 11 is 0. The fraction of sp³-hybridized carbons (Fsp3) is 0.455. The van der Waals surface area contributed by atoms with E-state index in [0.717, 1.165) is 12.0 Å². The maximum absolute atomic E-state index is 9.36. The van der Waals surface area contributed by atoms with Crippen LogP contribution in [0.5, 0.6) is 11.5 Å². The summed E-state index contributed by atoms with van der Waals surface area (Å²) < 4.78 is 10.0. The summed E-state index contributed by atoms with van der Waals surface area (Å²) in [5, 5.41) is 12.5. The van der Waals surface area contributed by atoms with Gasteiger partial charge < -0.3 is 19.9 Å². The number of hydrogen-bond acceptors (Lipinski definition) is 4. The molecule has 0 aliphatic carbocycles. The Morgan fingerprint density at radius 1 is 1.44 bits per heavy atom. The third-order valence-electron chi connectivity index (χ3n) is 2.56. The lowest BCUT2D eigenvalue weighted by Gasteiger charge is -2.15. The molecule has 1 aromatic carbocycles. The first-order valence-electron chi connectivity index (χ1n) is 5.19. The highest BCUT2D eigenvalue weighted by Gasteiger charge is 2.33. The van der Waals surface area contributed by atoms with Crippen LogP contribution in [0, 0.1) is 0 Å². The predicted octanol–water partition coefficient (Wildman–Crippen LogP) is 0.380. The minimum absolute atomic E-state index is 0.372. The molecular weight excluding hydrogens is 205 g/mol. The van der Waals surface area contributed by atoms with Crippen LogP contribution >= 0.6 is 0 Å². The van der Waals surface area contributed by atoms with Crippen molar-refractivity contribution in [2.24, 2.45) is 0 Å². The van der Waals surface area contributed by atoms with E-state index in [4.69, 9.17) is 17.3 Å². The van der Waals surface area contributed by atoms with Gasteiger partial charge in [-0.2, -0.15) is 0 Å². The van der Waals surface area contributed by atoms with E-state index in [1.54, 1.807) is 6.07 Å². The quantitative estimate of drug-likeness (QED) is 0.721. The van der Waals surface area contributed by atoms with Crippen molar-refractivity contribution >= 4 is 7.85 Å². The summed E-state index contributed by atoms with van der Waals surface area (Å²) in [7, 11) is 7.22. The van der Waals surface area contributed by atoms with Gasteiger partial charge in [-0.1, -0.05) is 6.07 Å². The van der Waals surface area contributed by atoms with E-state index in [1.165, 1.54) is 0 Å². The number of nitrogens with one attached hydrogen (secondary N) is 1. The number of aliphatic hydroxyl groups is 1. The Labute approximate surface area is 96.0 Å². The second-order valence-corrected chi connectivity index (χ2v) is 4.01. The average molecular weight is 219 g/mol. The molecule has 16 heavy (non-hydrogen) atoms. The fourth-order valence-electron chi connectivity index (χ4n) is 1.64. The van der Waals surface area contributed by atoms with Crippen LogP contribution < -0.4 is 14.8 Å². The van der Waals surface area contributed by atoms with Crippen LogP contribution in [0.15, 0.2) is 18.2 Å². The summed E-state index contributed by atoms with van der Waals surface area (Å²) in [4.78, 5) is 0. The Balaban J connectivity index is 2.16. The van der Waals surface area contributed by atoms with E-state index < -0.39 is 5.87 Å². The standard InChI is InChI=1S/C11H14BNO3/c1-7(13-2)5-8-3-4-9-10(6-8)16-11(12,14)15-9/h3-4,6-7,13-14H,5H2,1-2H3. The molecule has 0 saturated carbocycles. The third-order valence-corrected chi connectivity index (χ3v) is 2.56. The van der Waals surface area contributed by atoms with Crippen molar-refractivity contribution in [3.8, 4) is 11.5 Å². The Kier molecular flexibility index (Phi) is 2.82. The van der Waals surface area contributed by atoms with E-state index in [9.17, 15) is 5.11 Å². The van der Waals surface area contributed by atoms with Crippen molar-refractivity contribution in [1.82, 2.24) is 5.32 Å². The van der Waals surface area contributed by atoms with E-state index in [2.05, 4.69) is 12.2 Å². The van der Waals surface area contributed by atoms with Crippen LogP contribution in [0.25, 0.3) is 0 Å². The predicted molar refractivity (Wildman–Crippen MR) is 60.6 cm³/mol. The Morgan fingerprint density at radius 3 is 2.81 bits per heavy atom. The molecule has 1 aliphatic rings. The minimum Gasteiger partial charge on any atom is -0.435 e. The molecule has 2 N–H and O–H groups in total. The molecule has 2 unspecified atom stereocenters. The van der Waals surface area contributed by atoms with Gasteiger partial charge in [-0.15, -0.1) is 0 Å². The van der Waals surface area contributed by atoms with Gasteiger partial charge >= 0.3 is 5.87 Å². The molecule has 0 amide bonds. The van der Waals surface area contributed by atoms with E-state index in [-0.39, 0.29) is 0 Å². The van der Waals surface area contributed by atoms with E-state index >= 15 is 0 Å². The molecule has 2 atom stereocenters. The third kappa shape index (κ3) is 2.31. The van der Waals surface area contributed by atoms with Gasteiger partial charge in [0.15, 0.2) is 11.5 Å². The zero-order chi connectivity index (χ0) is 11.8. The maximum Gasteiger partial charge on any atom is 0.302 e. The molecule has 2 rings (SSSR count). The zero-order valence-corrected chi connectivity index (χ0v) is 9.36. The van der Waals surface area contributed by atoms with E-state index in [1.807, 2.05) is 19.2 Å². The molecule has 1 aromatic rings. The van der Waals surface area contributed by atoms with Gasteiger partial charge in [0.2, 0.25) is 7.85 Å². The van der Waals surface area contributed by atoms with Gasteiger partial charge in [0.1, 0.15) is 0 Å². The van der Waals surface area contributed by atoms with Crippen LogP contribution in [0.1, 0.15) is 12.5 Å². The highest BCUT2D eigenvalue weighted by atomic mass is 16.8. The van der Waals surface area contributed by atoms with Gasteiger partial charge in [-0.3, -0.25) is 0 Å². The van der Waals surface area contributed by atoms with Crippen LogP contribution in [0.4, 0.5) is 0 Å². The van der Waals surface area contributed by atoms with Crippen molar-refractivity contribution in [2.75, 3.05) is 7.05 Å². The Hall–Kier alpha value is -1.20. The fourth-order valence-corrected chi connectivity index (χ4v) is 1.64. The normalized spacial score (nSPS) is 24.4. The number of fused-ring (bicyclic) bond motifs is 1. The van der Waals surface area contributed by atoms with E-state index in [0.29, 0.717) is 17.5 Å². The SMILES string of the molecule is [B]C1(O)Oc2ccc(CC(C)NC)cc2O1. The second kappa shape index (κ2) is 3.99. The summed E-state index contributed by atoms with van der Waals surface area (Å²) in [6, 6.07) is 5.88. The highest BCUT2D eigenvalue weighted by molar-refractivity contribution is 6.12. The summed E-state index contributed by atoms with van der Waals surface area (Å²) in [5.41, 5.74) is 1.10. The molecule has 2 radical (unpaired) electrons. The molecule has 84 valence electrons. The smallest absolute Gasteiger partial charge is 0.302 e. The molecule has 0 aromatic heterocycles. The molecular formula is C11H14BNO3. The van der Waals surface area contributed by atoms with Crippen molar-refractivity contribution in [3.63, 3.8) is 0 Å². The summed E-state index contributed by atoms with van der Waals surface area (Å²) in [6.45, 7) is 2.09. The molecule has 0 spiro atoms. The monoisotopic (exact) mass is 219 g/mol. The first-order valence-corrected chi connectivity index (χ1v) is 5.19. The van der Waals surface area contributed by atoms with Crippen LogP contribution in [-0.4, -0.2) is 31.9 Å². The number of likely N-dealkylation sites (N-methyl/N-ethyl adjacent to an activating group) is 1.